The number of carbonyl (C=O) groups excluding carboxylic acids is 1. The predicted molar refractivity (Wildman–Crippen MR) is 64.5 cm³/mol. The van der Waals surface area contributed by atoms with Crippen molar-refractivity contribution >= 4 is 17.4 Å². The van der Waals surface area contributed by atoms with Crippen LogP contribution >= 0.6 is 11.6 Å². The number of Topliss-reactive ketones (excluding diaryl/α,β-unsaturated/α-hetero) is 1. The minimum Gasteiger partial charge on any atom is -0.383 e. The van der Waals surface area contributed by atoms with Gasteiger partial charge in [0.05, 0.1) is 24.4 Å². The van der Waals surface area contributed by atoms with E-state index < -0.39 is 6.10 Å². The maximum Gasteiger partial charge on any atom is 0.210 e. The fourth-order valence-corrected chi connectivity index (χ4v) is 1.80. The molecule has 0 fully saturated rings. The molecular formula is C11H17ClN2O3. The fraction of sp³-hybridized carbons (Fsp3) is 0.636. The first-order valence-corrected chi connectivity index (χ1v) is 5.80. The summed E-state index contributed by atoms with van der Waals surface area (Å²) in [5, 5.41) is 4.40. The van der Waals surface area contributed by atoms with Gasteiger partial charge in [-0.25, -0.2) is 0 Å². The number of hydrogen-bond acceptors (Lipinski definition) is 4. The van der Waals surface area contributed by atoms with Crippen LogP contribution < -0.4 is 0 Å². The Kier molecular flexibility index (Phi) is 5.61. The van der Waals surface area contributed by atoms with E-state index >= 15 is 0 Å². The second-order valence-corrected chi connectivity index (χ2v) is 3.96. The number of hydrogen-bond donors (Lipinski definition) is 0. The second-order valence-electron chi connectivity index (χ2n) is 3.55. The van der Waals surface area contributed by atoms with Crippen LogP contribution in [0.2, 0.25) is 5.02 Å². The highest BCUT2D eigenvalue weighted by atomic mass is 35.5. The van der Waals surface area contributed by atoms with Crippen LogP contribution in [-0.4, -0.2) is 42.5 Å². The number of aromatic nitrogens is 2. The molecular weight excluding hydrogens is 244 g/mol. The van der Waals surface area contributed by atoms with Crippen molar-refractivity contribution in [1.29, 1.82) is 0 Å². The second kappa shape index (κ2) is 6.74. The first kappa shape index (κ1) is 14.2. The molecule has 0 spiro atoms. The van der Waals surface area contributed by atoms with Crippen LogP contribution in [0, 0.1) is 0 Å². The normalized spacial score (nSPS) is 12.7. The van der Waals surface area contributed by atoms with Crippen molar-refractivity contribution in [1.82, 2.24) is 9.78 Å². The lowest BCUT2D eigenvalue weighted by Gasteiger charge is -2.13. The highest BCUT2D eigenvalue weighted by Gasteiger charge is 2.24. The summed E-state index contributed by atoms with van der Waals surface area (Å²) in [5.41, 5.74) is 0.386. The van der Waals surface area contributed by atoms with E-state index in [1.54, 1.807) is 11.8 Å². The molecule has 0 amide bonds. The van der Waals surface area contributed by atoms with Crippen LogP contribution in [0.15, 0.2) is 6.20 Å². The number of rotatable bonds is 7. The van der Waals surface area contributed by atoms with Gasteiger partial charge in [-0.1, -0.05) is 18.5 Å². The quantitative estimate of drug-likeness (QED) is 0.702. The first-order valence-electron chi connectivity index (χ1n) is 5.42. The van der Waals surface area contributed by atoms with Gasteiger partial charge in [0, 0.05) is 14.2 Å². The van der Waals surface area contributed by atoms with Gasteiger partial charge in [-0.2, -0.15) is 5.10 Å². The Morgan fingerprint density at radius 3 is 2.82 bits per heavy atom. The van der Waals surface area contributed by atoms with Crippen molar-refractivity contribution in [2.45, 2.75) is 26.0 Å². The van der Waals surface area contributed by atoms with Gasteiger partial charge in [0.25, 0.3) is 0 Å². The van der Waals surface area contributed by atoms with Gasteiger partial charge in [0.2, 0.25) is 5.78 Å². The van der Waals surface area contributed by atoms with Crippen LogP contribution in [0.25, 0.3) is 0 Å². The van der Waals surface area contributed by atoms with E-state index in [0.717, 1.165) is 0 Å². The number of halogens is 1. The van der Waals surface area contributed by atoms with Crippen LogP contribution in [0.3, 0.4) is 0 Å². The molecule has 1 unspecified atom stereocenters. The average molecular weight is 261 g/mol. The summed E-state index contributed by atoms with van der Waals surface area (Å²) in [7, 11) is 3.10. The van der Waals surface area contributed by atoms with Gasteiger partial charge in [-0.3, -0.25) is 9.48 Å². The summed E-state index contributed by atoms with van der Waals surface area (Å²) in [6.45, 7) is 2.85. The summed E-state index contributed by atoms with van der Waals surface area (Å²) >= 11 is 5.98. The van der Waals surface area contributed by atoms with Crippen molar-refractivity contribution in [2.75, 3.05) is 20.8 Å². The minimum atomic E-state index is -0.481. The molecule has 1 rings (SSSR count). The molecule has 96 valence electrons. The molecule has 1 aromatic heterocycles. The Morgan fingerprint density at radius 1 is 1.59 bits per heavy atom. The minimum absolute atomic E-state index is 0.145. The number of carbonyl (C=O) groups is 1. The molecule has 0 aromatic carbocycles. The van der Waals surface area contributed by atoms with Gasteiger partial charge in [-0.05, 0) is 6.42 Å². The van der Waals surface area contributed by atoms with E-state index in [0.29, 0.717) is 30.3 Å². The standard InChI is InChI=1S/C11H17ClN2O3/c1-4-9(17-3)11(15)10-8(12)7-13-14(10)5-6-16-2/h7,9H,4-6H2,1-3H3. The van der Waals surface area contributed by atoms with Crippen LogP contribution in [0.5, 0.6) is 0 Å². The van der Waals surface area contributed by atoms with Gasteiger partial charge in [0.15, 0.2) is 0 Å². The Labute approximate surface area is 106 Å². The Balaban J connectivity index is 2.94. The highest BCUT2D eigenvalue weighted by Crippen LogP contribution is 2.19. The Bertz CT molecular complexity index is 375. The third-order valence-corrected chi connectivity index (χ3v) is 2.76. The summed E-state index contributed by atoms with van der Waals surface area (Å²) < 4.78 is 11.6. The third-order valence-electron chi connectivity index (χ3n) is 2.48. The van der Waals surface area contributed by atoms with E-state index in [1.807, 2.05) is 6.92 Å². The van der Waals surface area contributed by atoms with Gasteiger partial charge < -0.3 is 9.47 Å². The molecule has 0 aliphatic heterocycles. The van der Waals surface area contributed by atoms with Crippen molar-refractivity contribution in [3.63, 3.8) is 0 Å². The topological polar surface area (TPSA) is 53.3 Å². The highest BCUT2D eigenvalue weighted by molar-refractivity contribution is 6.33. The SMILES string of the molecule is CCC(OC)C(=O)c1c(Cl)cnn1CCOC. The van der Waals surface area contributed by atoms with E-state index in [1.165, 1.54) is 13.3 Å². The largest absolute Gasteiger partial charge is 0.383 e. The van der Waals surface area contributed by atoms with E-state index in [4.69, 9.17) is 21.1 Å². The maximum absolute atomic E-state index is 12.2. The predicted octanol–water partition coefficient (Wildman–Crippen LogP) is 1.79. The third kappa shape index (κ3) is 3.28. The molecule has 0 radical (unpaired) electrons. The molecule has 1 atom stereocenters. The summed E-state index contributed by atoms with van der Waals surface area (Å²) in [6.07, 6.45) is 1.58. The maximum atomic E-state index is 12.2. The molecule has 0 bridgehead atoms. The molecule has 0 saturated carbocycles. The van der Waals surface area contributed by atoms with Crippen LogP contribution in [0.1, 0.15) is 23.8 Å². The molecule has 0 saturated heterocycles. The number of ether oxygens (including phenoxy) is 2. The zero-order valence-electron chi connectivity index (χ0n) is 10.3. The molecule has 6 heteroatoms. The number of ketones is 1. The van der Waals surface area contributed by atoms with Crippen molar-refractivity contribution in [3.05, 3.63) is 16.9 Å². The lowest BCUT2D eigenvalue weighted by atomic mass is 10.1. The Hall–Kier alpha value is -0.910. The van der Waals surface area contributed by atoms with Crippen LogP contribution in [-0.2, 0) is 16.0 Å². The van der Waals surface area contributed by atoms with Crippen molar-refractivity contribution in [3.8, 4) is 0 Å². The smallest absolute Gasteiger partial charge is 0.210 e. The molecule has 1 heterocycles. The van der Waals surface area contributed by atoms with Gasteiger partial charge in [0.1, 0.15) is 11.8 Å². The van der Waals surface area contributed by atoms with E-state index in [-0.39, 0.29) is 5.78 Å². The van der Waals surface area contributed by atoms with Crippen molar-refractivity contribution in [2.24, 2.45) is 0 Å². The van der Waals surface area contributed by atoms with Crippen molar-refractivity contribution < 1.29 is 14.3 Å². The Morgan fingerprint density at radius 2 is 2.29 bits per heavy atom. The summed E-state index contributed by atoms with van der Waals surface area (Å²) in [6, 6.07) is 0. The number of methoxy groups -OCH3 is 2. The molecule has 0 aliphatic carbocycles. The summed E-state index contributed by atoms with van der Waals surface area (Å²) in [4.78, 5) is 12.2. The molecule has 5 nitrogen and oxygen atoms in total. The molecule has 1 aromatic rings. The zero-order valence-corrected chi connectivity index (χ0v) is 11.0. The molecule has 0 aliphatic rings. The molecule has 17 heavy (non-hydrogen) atoms. The van der Waals surface area contributed by atoms with Gasteiger partial charge in [-0.15, -0.1) is 0 Å². The van der Waals surface area contributed by atoms with Crippen LogP contribution in [0.4, 0.5) is 0 Å². The molecule has 0 N–H and O–H groups in total. The zero-order chi connectivity index (χ0) is 12.8. The number of nitrogens with zero attached hydrogens (tertiary/aromatic N) is 2. The fourth-order valence-electron chi connectivity index (χ4n) is 1.57. The van der Waals surface area contributed by atoms with E-state index in [2.05, 4.69) is 5.10 Å². The van der Waals surface area contributed by atoms with Gasteiger partial charge >= 0.3 is 0 Å². The van der Waals surface area contributed by atoms with E-state index in [9.17, 15) is 4.79 Å². The monoisotopic (exact) mass is 260 g/mol. The lowest BCUT2D eigenvalue weighted by molar-refractivity contribution is 0.0582. The average Bonchev–Trinajstić information content (AvgIpc) is 2.69. The lowest BCUT2D eigenvalue weighted by Crippen LogP contribution is -2.26. The summed E-state index contributed by atoms with van der Waals surface area (Å²) in [5.74, 6) is -0.145. The first-order chi connectivity index (χ1) is 8.15.